The highest BCUT2D eigenvalue weighted by Crippen LogP contribution is 2.14. The van der Waals surface area contributed by atoms with Gasteiger partial charge in [0.25, 0.3) is 0 Å². The molecule has 0 radical (unpaired) electrons. The lowest BCUT2D eigenvalue weighted by molar-refractivity contribution is 0.686. The van der Waals surface area contributed by atoms with Crippen molar-refractivity contribution in [2.75, 3.05) is 6.26 Å². The van der Waals surface area contributed by atoms with E-state index in [2.05, 4.69) is 10.1 Å². The summed E-state index contributed by atoms with van der Waals surface area (Å²) in [5, 5.41) is 4.43. The molecule has 3 aromatic rings. The molecular formula is C20H18N4O2S. The highest BCUT2D eigenvalue weighted by Gasteiger charge is 2.10. The van der Waals surface area contributed by atoms with Gasteiger partial charge in [-0.25, -0.2) is 9.67 Å². The third-order valence-corrected chi connectivity index (χ3v) is 4.64. The lowest BCUT2D eigenvalue weighted by Gasteiger charge is -2.09. The van der Waals surface area contributed by atoms with Crippen LogP contribution in [-0.2, 0) is 10.8 Å². The molecule has 0 amide bonds. The maximum absolute atomic E-state index is 12.4. The van der Waals surface area contributed by atoms with E-state index in [9.17, 15) is 9.00 Å². The van der Waals surface area contributed by atoms with E-state index in [-0.39, 0.29) is 11.1 Å². The van der Waals surface area contributed by atoms with E-state index in [0.717, 1.165) is 0 Å². The minimum atomic E-state index is -1.12. The molecule has 0 spiro atoms. The molecule has 0 fully saturated rings. The largest absolute Gasteiger partial charge is 0.405 e. The molecule has 0 aliphatic carbocycles. The van der Waals surface area contributed by atoms with Crippen LogP contribution in [0.3, 0.4) is 0 Å². The summed E-state index contributed by atoms with van der Waals surface area (Å²) in [6, 6.07) is 17.8. The highest BCUT2D eigenvalue weighted by molar-refractivity contribution is 7.84. The average Bonchev–Trinajstić information content (AvgIpc) is 2.69. The van der Waals surface area contributed by atoms with Crippen LogP contribution in [0.2, 0.25) is 0 Å². The third-order valence-electron chi connectivity index (χ3n) is 3.72. The van der Waals surface area contributed by atoms with Gasteiger partial charge in [0.2, 0.25) is 5.43 Å². The topological polar surface area (TPSA) is 90.3 Å². The van der Waals surface area contributed by atoms with Crippen molar-refractivity contribution in [1.82, 2.24) is 9.78 Å². The molecule has 7 heteroatoms. The predicted octanol–water partition coefficient (Wildman–Crippen LogP) is 2.56. The number of nitrogens with two attached hydrogens (primary N) is 1. The number of nitrogens with zero attached hydrogens (tertiary/aromatic N) is 3. The second-order valence-corrected chi connectivity index (χ2v) is 7.00. The van der Waals surface area contributed by atoms with Crippen LogP contribution in [0.15, 0.2) is 93.8 Å². The van der Waals surface area contributed by atoms with Crippen molar-refractivity contribution in [3.8, 4) is 5.69 Å². The van der Waals surface area contributed by atoms with Gasteiger partial charge in [-0.3, -0.25) is 9.00 Å². The van der Waals surface area contributed by atoms with E-state index in [1.165, 1.54) is 12.3 Å². The van der Waals surface area contributed by atoms with E-state index in [1.807, 2.05) is 36.4 Å². The van der Waals surface area contributed by atoms with Crippen molar-refractivity contribution in [2.24, 2.45) is 10.7 Å². The number of hydrogen-bond donors (Lipinski definition) is 1. The number of benzene rings is 2. The van der Waals surface area contributed by atoms with Gasteiger partial charge in [-0.2, -0.15) is 5.10 Å². The lowest BCUT2D eigenvalue weighted by Crippen LogP contribution is -2.20. The minimum Gasteiger partial charge on any atom is -0.405 e. The van der Waals surface area contributed by atoms with E-state index in [0.29, 0.717) is 22.0 Å². The number of rotatable bonds is 5. The molecule has 0 saturated carbocycles. The Morgan fingerprint density at radius 2 is 1.93 bits per heavy atom. The van der Waals surface area contributed by atoms with Crippen LogP contribution >= 0.6 is 0 Å². The van der Waals surface area contributed by atoms with Gasteiger partial charge in [-0.15, -0.1) is 0 Å². The molecule has 2 N–H and O–H groups in total. The van der Waals surface area contributed by atoms with Crippen LogP contribution < -0.4 is 11.2 Å². The van der Waals surface area contributed by atoms with Gasteiger partial charge >= 0.3 is 0 Å². The van der Waals surface area contributed by atoms with Crippen molar-refractivity contribution in [3.63, 3.8) is 0 Å². The first-order valence-electron chi connectivity index (χ1n) is 8.15. The van der Waals surface area contributed by atoms with Gasteiger partial charge in [0.1, 0.15) is 0 Å². The number of para-hydroxylation sites is 1. The summed E-state index contributed by atoms with van der Waals surface area (Å²) in [7, 11) is -1.12. The lowest BCUT2D eigenvalue weighted by atomic mass is 10.2. The van der Waals surface area contributed by atoms with Crippen LogP contribution in [-0.4, -0.2) is 26.0 Å². The highest BCUT2D eigenvalue weighted by atomic mass is 32.2. The van der Waals surface area contributed by atoms with Crippen molar-refractivity contribution in [3.05, 3.63) is 95.1 Å². The SMILES string of the molecule is CS(=O)c1cccc(-n2ccc(=O)c(C(C=CN)=Nc3ccccc3)n2)c1. The van der Waals surface area contributed by atoms with Crippen LogP contribution in [0.5, 0.6) is 0 Å². The summed E-state index contributed by atoms with van der Waals surface area (Å²) in [6.45, 7) is 0. The summed E-state index contributed by atoms with van der Waals surface area (Å²) in [6.07, 6.45) is 6.04. The summed E-state index contributed by atoms with van der Waals surface area (Å²) in [5.74, 6) is 0. The minimum absolute atomic E-state index is 0.172. The maximum atomic E-state index is 12.4. The Morgan fingerprint density at radius 1 is 1.15 bits per heavy atom. The molecule has 1 atom stereocenters. The first-order chi connectivity index (χ1) is 13.1. The molecular weight excluding hydrogens is 360 g/mol. The molecule has 1 unspecified atom stereocenters. The molecule has 0 aliphatic rings. The second-order valence-electron chi connectivity index (χ2n) is 5.62. The Kier molecular flexibility index (Phi) is 5.73. The van der Waals surface area contributed by atoms with Crippen LogP contribution in [0.25, 0.3) is 5.69 Å². The van der Waals surface area contributed by atoms with Gasteiger partial charge in [0.05, 0.1) is 17.1 Å². The van der Waals surface area contributed by atoms with Gasteiger partial charge in [-0.1, -0.05) is 24.3 Å². The molecule has 6 nitrogen and oxygen atoms in total. The maximum Gasteiger partial charge on any atom is 0.209 e. The van der Waals surface area contributed by atoms with Crippen molar-refractivity contribution < 1.29 is 4.21 Å². The van der Waals surface area contributed by atoms with Gasteiger partial charge in [-0.05, 0) is 42.6 Å². The van der Waals surface area contributed by atoms with E-state index in [1.54, 1.807) is 41.4 Å². The molecule has 0 bridgehead atoms. The number of aromatic nitrogens is 2. The fourth-order valence-corrected chi connectivity index (χ4v) is 2.99. The number of aliphatic imine (C=N–C) groups is 1. The number of allylic oxidation sites excluding steroid dienone is 1. The molecule has 3 rings (SSSR count). The Hall–Kier alpha value is -3.32. The smallest absolute Gasteiger partial charge is 0.209 e. The predicted molar refractivity (Wildman–Crippen MR) is 108 cm³/mol. The van der Waals surface area contributed by atoms with Crippen LogP contribution in [0.1, 0.15) is 5.69 Å². The molecule has 27 heavy (non-hydrogen) atoms. The van der Waals surface area contributed by atoms with Crippen molar-refractivity contribution in [2.45, 2.75) is 4.90 Å². The Balaban J connectivity index is 2.12. The third kappa shape index (κ3) is 4.45. The first kappa shape index (κ1) is 18.5. The molecule has 1 heterocycles. The Morgan fingerprint density at radius 3 is 2.63 bits per heavy atom. The zero-order valence-corrected chi connectivity index (χ0v) is 15.5. The molecule has 0 aliphatic heterocycles. The summed E-state index contributed by atoms with van der Waals surface area (Å²) >= 11 is 0. The normalized spacial score (nSPS) is 13.0. The average molecular weight is 378 g/mol. The Labute approximate surface area is 159 Å². The van der Waals surface area contributed by atoms with Crippen LogP contribution in [0, 0.1) is 0 Å². The second kappa shape index (κ2) is 8.37. The summed E-state index contributed by atoms with van der Waals surface area (Å²) in [5.41, 5.74) is 7.18. The van der Waals surface area contributed by atoms with E-state index >= 15 is 0 Å². The van der Waals surface area contributed by atoms with Gasteiger partial charge in [0.15, 0.2) is 5.69 Å². The number of hydrogen-bond acceptors (Lipinski definition) is 5. The monoisotopic (exact) mass is 378 g/mol. The Bertz CT molecular complexity index is 1090. The van der Waals surface area contributed by atoms with E-state index < -0.39 is 10.8 Å². The molecule has 0 saturated heterocycles. The molecule has 2 aromatic carbocycles. The zero-order valence-electron chi connectivity index (χ0n) is 14.6. The van der Waals surface area contributed by atoms with Gasteiger partial charge < -0.3 is 5.73 Å². The first-order valence-corrected chi connectivity index (χ1v) is 9.70. The summed E-state index contributed by atoms with van der Waals surface area (Å²) < 4.78 is 13.3. The van der Waals surface area contributed by atoms with E-state index in [4.69, 9.17) is 5.73 Å². The molecule has 1 aromatic heterocycles. The fraction of sp³-hybridized carbons (Fsp3) is 0.0500. The standard InChI is InChI=1S/C20H18N4O2S/c1-27(26)17-9-5-8-16(14-17)24-13-11-19(25)20(23-24)18(10-12-21)22-15-6-3-2-4-7-15/h2-14H,21H2,1H3. The quantitative estimate of drug-likeness (QED) is 0.691. The van der Waals surface area contributed by atoms with Gasteiger partial charge in [0, 0.05) is 34.2 Å². The summed E-state index contributed by atoms with van der Waals surface area (Å²) in [4.78, 5) is 17.6. The van der Waals surface area contributed by atoms with Crippen molar-refractivity contribution >= 4 is 22.2 Å². The van der Waals surface area contributed by atoms with Crippen molar-refractivity contribution in [1.29, 1.82) is 0 Å². The molecule has 136 valence electrons. The zero-order chi connectivity index (χ0) is 19.2. The van der Waals surface area contributed by atoms with Crippen LogP contribution in [0.4, 0.5) is 5.69 Å². The fourth-order valence-electron chi connectivity index (χ4n) is 2.44.